The molecule has 2 aromatic rings. The predicted molar refractivity (Wildman–Crippen MR) is 110 cm³/mol. The molecule has 0 radical (unpaired) electrons. The Labute approximate surface area is 169 Å². The first kappa shape index (κ1) is 19.8. The first-order chi connectivity index (χ1) is 13.1. The number of hydrogen-bond acceptors (Lipinski definition) is 3. The average molecular weight is 408 g/mol. The van der Waals surface area contributed by atoms with E-state index in [1.807, 2.05) is 18.2 Å². The summed E-state index contributed by atoms with van der Waals surface area (Å²) in [5, 5.41) is 6.66. The van der Waals surface area contributed by atoms with Gasteiger partial charge in [-0.05, 0) is 50.2 Å². The van der Waals surface area contributed by atoms with Crippen LogP contribution in [0.1, 0.15) is 24.4 Å². The fraction of sp³-hybridized carbons (Fsp3) is 0.350. The molecule has 0 aliphatic carbocycles. The molecule has 1 saturated heterocycles. The zero-order valence-electron chi connectivity index (χ0n) is 15.2. The number of methoxy groups -OCH3 is 1. The van der Waals surface area contributed by atoms with Gasteiger partial charge in [-0.25, -0.2) is 4.79 Å². The van der Waals surface area contributed by atoms with Crippen molar-refractivity contribution >= 4 is 34.9 Å². The normalized spacial score (nSPS) is 15.4. The van der Waals surface area contributed by atoms with Crippen molar-refractivity contribution in [1.29, 1.82) is 0 Å². The second-order valence-electron chi connectivity index (χ2n) is 6.46. The fourth-order valence-corrected chi connectivity index (χ4v) is 3.83. The van der Waals surface area contributed by atoms with Crippen molar-refractivity contribution < 1.29 is 9.53 Å². The minimum atomic E-state index is -0.307. The Bertz CT molecular complexity index is 795. The number of para-hydroxylation sites is 1. The first-order valence-electron chi connectivity index (χ1n) is 8.95. The molecule has 1 unspecified atom stereocenters. The van der Waals surface area contributed by atoms with Crippen LogP contribution in [-0.2, 0) is 0 Å². The Kier molecular flexibility index (Phi) is 6.83. The Morgan fingerprint density at radius 1 is 1.19 bits per heavy atom. The number of carbonyl (C=O) groups excluding carboxylic acids is 1. The van der Waals surface area contributed by atoms with E-state index in [0.717, 1.165) is 37.2 Å². The number of nitrogens with zero attached hydrogens (tertiary/aromatic N) is 1. The van der Waals surface area contributed by atoms with Crippen LogP contribution in [0.25, 0.3) is 0 Å². The lowest BCUT2D eigenvalue weighted by atomic mass is 10.0. The van der Waals surface area contributed by atoms with Gasteiger partial charge in [-0.2, -0.15) is 0 Å². The van der Waals surface area contributed by atoms with Crippen LogP contribution in [0.15, 0.2) is 42.5 Å². The zero-order chi connectivity index (χ0) is 19.2. The maximum atomic E-state index is 12.4. The van der Waals surface area contributed by atoms with E-state index >= 15 is 0 Å². The lowest BCUT2D eigenvalue weighted by Crippen LogP contribution is -2.38. The van der Waals surface area contributed by atoms with Crippen LogP contribution in [0.4, 0.5) is 10.5 Å². The highest BCUT2D eigenvalue weighted by atomic mass is 35.5. The molecule has 3 rings (SSSR count). The van der Waals surface area contributed by atoms with Crippen molar-refractivity contribution in [2.24, 2.45) is 0 Å². The number of amides is 2. The number of carbonyl (C=O) groups is 1. The van der Waals surface area contributed by atoms with Crippen molar-refractivity contribution in [3.05, 3.63) is 58.1 Å². The Morgan fingerprint density at radius 3 is 2.63 bits per heavy atom. The molecule has 5 nitrogen and oxygen atoms in total. The molecule has 0 spiro atoms. The molecule has 1 heterocycles. The Balaban J connectivity index is 1.70. The number of halogens is 2. The third kappa shape index (κ3) is 5.06. The summed E-state index contributed by atoms with van der Waals surface area (Å²) in [4.78, 5) is 14.8. The van der Waals surface area contributed by atoms with E-state index in [4.69, 9.17) is 27.9 Å². The zero-order valence-corrected chi connectivity index (χ0v) is 16.7. The van der Waals surface area contributed by atoms with E-state index in [-0.39, 0.29) is 12.1 Å². The SMILES string of the molecule is COc1ccccc1C(CNC(=O)Nc1ccc(Cl)cc1Cl)N1CCCC1. The summed E-state index contributed by atoms with van der Waals surface area (Å²) >= 11 is 12.0. The van der Waals surface area contributed by atoms with Gasteiger partial charge in [-0.15, -0.1) is 0 Å². The summed E-state index contributed by atoms with van der Waals surface area (Å²) < 4.78 is 5.53. The molecule has 2 aromatic carbocycles. The van der Waals surface area contributed by atoms with Crippen LogP contribution in [0, 0.1) is 0 Å². The Morgan fingerprint density at radius 2 is 1.93 bits per heavy atom. The van der Waals surface area contributed by atoms with Crippen LogP contribution in [0.3, 0.4) is 0 Å². The predicted octanol–water partition coefficient (Wildman–Crippen LogP) is 4.96. The second kappa shape index (κ2) is 9.31. The minimum absolute atomic E-state index is 0.0510. The van der Waals surface area contributed by atoms with E-state index in [0.29, 0.717) is 22.3 Å². The van der Waals surface area contributed by atoms with Crippen molar-refractivity contribution in [3.8, 4) is 5.75 Å². The van der Waals surface area contributed by atoms with E-state index in [1.54, 1.807) is 25.3 Å². The highest BCUT2D eigenvalue weighted by Crippen LogP contribution is 2.31. The standard InChI is InChI=1S/C20H23Cl2N3O2/c1-27-19-7-3-2-6-15(19)18(25-10-4-5-11-25)13-23-20(26)24-17-9-8-14(21)12-16(17)22/h2-3,6-9,12,18H,4-5,10-11,13H2,1H3,(H2,23,24,26). The quantitative estimate of drug-likeness (QED) is 0.711. The van der Waals surface area contributed by atoms with E-state index < -0.39 is 0 Å². The maximum absolute atomic E-state index is 12.4. The summed E-state index contributed by atoms with van der Waals surface area (Å²) in [5.74, 6) is 0.831. The van der Waals surface area contributed by atoms with Gasteiger partial charge in [-0.3, -0.25) is 4.90 Å². The lowest BCUT2D eigenvalue weighted by molar-refractivity contribution is 0.224. The average Bonchev–Trinajstić information content (AvgIpc) is 3.19. The molecule has 0 aromatic heterocycles. The van der Waals surface area contributed by atoms with E-state index in [2.05, 4.69) is 21.6 Å². The second-order valence-corrected chi connectivity index (χ2v) is 7.30. The molecule has 7 heteroatoms. The van der Waals surface area contributed by atoms with Crippen molar-refractivity contribution in [1.82, 2.24) is 10.2 Å². The largest absolute Gasteiger partial charge is 0.496 e. The van der Waals surface area contributed by atoms with Gasteiger partial charge < -0.3 is 15.4 Å². The number of likely N-dealkylation sites (tertiary alicyclic amines) is 1. The molecule has 0 bridgehead atoms. The number of urea groups is 1. The highest BCUT2D eigenvalue weighted by Gasteiger charge is 2.26. The summed E-state index contributed by atoms with van der Waals surface area (Å²) in [6.07, 6.45) is 2.33. The van der Waals surface area contributed by atoms with Gasteiger partial charge in [-0.1, -0.05) is 41.4 Å². The number of nitrogens with one attached hydrogen (secondary N) is 2. The topological polar surface area (TPSA) is 53.6 Å². The molecule has 2 N–H and O–H groups in total. The van der Waals surface area contributed by atoms with Crippen LogP contribution in [0.5, 0.6) is 5.75 Å². The van der Waals surface area contributed by atoms with Gasteiger partial charge in [0, 0.05) is 17.1 Å². The first-order valence-corrected chi connectivity index (χ1v) is 9.71. The van der Waals surface area contributed by atoms with Crippen LogP contribution < -0.4 is 15.4 Å². The van der Waals surface area contributed by atoms with Gasteiger partial charge in [0.15, 0.2) is 0 Å². The van der Waals surface area contributed by atoms with Crippen LogP contribution in [0.2, 0.25) is 10.0 Å². The lowest BCUT2D eigenvalue weighted by Gasteiger charge is -2.29. The summed E-state index contributed by atoms with van der Waals surface area (Å²) in [5.41, 5.74) is 1.60. The number of rotatable bonds is 6. The molecular formula is C20H23Cl2N3O2. The number of hydrogen-bond donors (Lipinski definition) is 2. The summed E-state index contributed by atoms with van der Waals surface area (Å²) in [6.45, 7) is 2.49. The molecule has 1 fully saturated rings. The minimum Gasteiger partial charge on any atom is -0.496 e. The van der Waals surface area contributed by atoms with Gasteiger partial charge in [0.25, 0.3) is 0 Å². The van der Waals surface area contributed by atoms with E-state index in [1.165, 1.54) is 0 Å². The van der Waals surface area contributed by atoms with Gasteiger partial charge in [0.1, 0.15) is 5.75 Å². The van der Waals surface area contributed by atoms with Gasteiger partial charge >= 0.3 is 6.03 Å². The van der Waals surface area contributed by atoms with Gasteiger partial charge in [0.05, 0.1) is 23.9 Å². The van der Waals surface area contributed by atoms with Crippen LogP contribution >= 0.6 is 23.2 Å². The van der Waals surface area contributed by atoms with Crippen LogP contribution in [-0.4, -0.2) is 37.7 Å². The number of benzene rings is 2. The fourth-order valence-electron chi connectivity index (χ4n) is 3.38. The third-order valence-electron chi connectivity index (χ3n) is 4.71. The molecule has 1 atom stereocenters. The third-order valence-corrected chi connectivity index (χ3v) is 5.26. The number of ether oxygens (including phenoxy) is 1. The molecule has 1 aliphatic rings. The molecule has 2 amide bonds. The molecule has 1 aliphatic heterocycles. The van der Waals surface area contributed by atoms with Crippen molar-refractivity contribution in [2.75, 3.05) is 32.1 Å². The highest BCUT2D eigenvalue weighted by molar-refractivity contribution is 6.36. The maximum Gasteiger partial charge on any atom is 0.319 e. The molecule has 144 valence electrons. The summed E-state index contributed by atoms with van der Waals surface area (Å²) in [7, 11) is 1.67. The number of anilines is 1. The van der Waals surface area contributed by atoms with Crippen molar-refractivity contribution in [2.45, 2.75) is 18.9 Å². The Hall–Kier alpha value is -1.95. The molecule has 0 saturated carbocycles. The monoisotopic (exact) mass is 407 g/mol. The smallest absolute Gasteiger partial charge is 0.319 e. The summed E-state index contributed by atoms with van der Waals surface area (Å²) in [6, 6.07) is 12.7. The van der Waals surface area contributed by atoms with Crippen molar-refractivity contribution in [3.63, 3.8) is 0 Å². The molecule has 27 heavy (non-hydrogen) atoms. The van der Waals surface area contributed by atoms with E-state index in [9.17, 15) is 4.79 Å². The molecular weight excluding hydrogens is 385 g/mol. The van der Waals surface area contributed by atoms with Gasteiger partial charge in [0.2, 0.25) is 0 Å².